The summed E-state index contributed by atoms with van der Waals surface area (Å²) >= 11 is 0. The maximum Gasteiger partial charge on any atom is 0.337 e. The van der Waals surface area contributed by atoms with E-state index in [0.29, 0.717) is 24.6 Å². The quantitative estimate of drug-likeness (QED) is 0.426. The molecule has 0 bridgehead atoms. The second kappa shape index (κ2) is 10.4. The van der Waals surface area contributed by atoms with Crippen molar-refractivity contribution in [1.82, 2.24) is 0 Å². The molecule has 0 saturated heterocycles. The Kier molecular flexibility index (Phi) is 8.54. The molecule has 0 fully saturated rings. The summed E-state index contributed by atoms with van der Waals surface area (Å²) in [4.78, 5) is 23.3. The third-order valence-corrected chi connectivity index (χ3v) is 3.83. The summed E-state index contributed by atoms with van der Waals surface area (Å²) in [5, 5.41) is 13.6. The number of esters is 1. The fourth-order valence-corrected chi connectivity index (χ4v) is 2.33. The summed E-state index contributed by atoms with van der Waals surface area (Å²) in [7, 11) is 1.35. The van der Waals surface area contributed by atoms with Gasteiger partial charge in [0.05, 0.1) is 24.0 Å². The van der Waals surface area contributed by atoms with Crippen molar-refractivity contribution in [3.63, 3.8) is 0 Å². The number of ether oxygens (including phenoxy) is 1. The van der Waals surface area contributed by atoms with Crippen LogP contribution in [0.2, 0.25) is 0 Å². The third-order valence-electron chi connectivity index (χ3n) is 3.83. The van der Waals surface area contributed by atoms with E-state index in [1.807, 2.05) is 6.07 Å². The van der Waals surface area contributed by atoms with Crippen molar-refractivity contribution >= 4 is 29.3 Å². The molecule has 1 aromatic carbocycles. The van der Waals surface area contributed by atoms with Gasteiger partial charge in [0.1, 0.15) is 5.78 Å². The molecule has 0 aliphatic heterocycles. The second-order valence-corrected chi connectivity index (χ2v) is 5.53. The highest BCUT2D eigenvalue weighted by Crippen LogP contribution is 2.25. The molecular formula is C18H27N3O3. The molecule has 0 aliphatic carbocycles. The van der Waals surface area contributed by atoms with Gasteiger partial charge in [0.2, 0.25) is 0 Å². The average molecular weight is 333 g/mol. The van der Waals surface area contributed by atoms with Crippen molar-refractivity contribution in [1.29, 1.82) is 5.41 Å². The van der Waals surface area contributed by atoms with E-state index < -0.39 is 5.97 Å². The number of hydrogen-bond acceptors (Lipinski definition) is 6. The molecule has 0 radical (unpaired) electrons. The number of benzene rings is 1. The molecule has 0 amide bonds. The molecule has 0 atom stereocenters. The number of rotatable bonds is 11. The normalized spacial score (nSPS) is 10.3. The lowest BCUT2D eigenvalue weighted by Gasteiger charge is -2.20. The van der Waals surface area contributed by atoms with Crippen LogP contribution in [0.5, 0.6) is 0 Å². The van der Waals surface area contributed by atoms with Gasteiger partial charge in [-0.25, -0.2) is 4.79 Å². The molecule has 0 heterocycles. The Hall–Kier alpha value is -2.37. The van der Waals surface area contributed by atoms with E-state index in [2.05, 4.69) is 24.5 Å². The third kappa shape index (κ3) is 6.02. The van der Waals surface area contributed by atoms with Gasteiger partial charge >= 0.3 is 5.97 Å². The van der Waals surface area contributed by atoms with Crippen LogP contribution in [0.1, 0.15) is 49.9 Å². The van der Waals surface area contributed by atoms with Crippen molar-refractivity contribution in [2.75, 3.05) is 24.3 Å². The number of carbonyl (C=O) groups excluding carboxylic acids is 2. The first-order chi connectivity index (χ1) is 11.5. The van der Waals surface area contributed by atoms with E-state index in [9.17, 15) is 9.59 Å². The van der Waals surface area contributed by atoms with Gasteiger partial charge in [-0.1, -0.05) is 13.8 Å². The highest BCUT2D eigenvalue weighted by molar-refractivity contribution is 5.92. The maximum absolute atomic E-state index is 11.7. The van der Waals surface area contributed by atoms with E-state index in [1.54, 1.807) is 12.1 Å². The lowest BCUT2D eigenvalue weighted by Crippen LogP contribution is -2.19. The Morgan fingerprint density at radius 1 is 1.25 bits per heavy atom. The predicted molar refractivity (Wildman–Crippen MR) is 97.3 cm³/mol. The predicted octanol–water partition coefficient (Wildman–Crippen LogP) is 3.48. The summed E-state index contributed by atoms with van der Waals surface area (Å²) < 4.78 is 4.76. The van der Waals surface area contributed by atoms with Crippen LogP contribution in [-0.2, 0) is 9.53 Å². The topological polar surface area (TPSA) is 91.3 Å². The SMILES string of the molecule is CCC(CC)Nc1ccc(C(=O)OC)cc1NCCC(=O)CC=N. The zero-order chi connectivity index (χ0) is 17.9. The van der Waals surface area contributed by atoms with E-state index in [1.165, 1.54) is 7.11 Å². The standard InChI is InChI=1S/C18H27N3O3/c1-4-14(5-2)21-16-7-6-13(18(23)24-3)12-17(16)20-11-9-15(22)8-10-19/h6-7,10,12,14,19-21H,4-5,8-9,11H2,1-3H3. The number of Topliss-reactive ketones (excluding diaryl/α,β-unsaturated/α-hetero) is 1. The minimum Gasteiger partial charge on any atom is -0.465 e. The Labute approximate surface area is 143 Å². The van der Waals surface area contributed by atoms with Gasteiger partial charge in [0, 0.05) is 31.6 Å². The van der Waals surface area contributed by atoms with E-state index >= 15 is 0 Å². The van der Waals surface area contributed by atoms with E-state index in [-0.39, 0.29) is 12.2 Å². The van der Waals surface area contributed by atoms with E-state index in [4.69, 9.17) is 10.1 Å². The number of methoxy groups -OCH3 is 1. The summed E-state index contributed by atoms with van der Waals surface area (Å²) in [6.45, 7) is 4.69. The van der Waals surface area contributed by atoms with Crippen LogP contribution in [0.25, 0.3) is 0 Å². The minimum absolute atomic E-state index is 0.0103. The molecule has 6 nitrogen and oxygen atoms in total. The van der Waals surface area contributed by atoms with Gasteiger partial charge in [-0.2, -0.15) is 0 Å². The van der Waals surface area contributed by atoms with Gasteiger partial charge in [-0.15, -0.1) is 0 Å². The van der Waals surface area contributed by atoms with Gasteiger partial charge in [-0.05, 0) is 31.0 Å². The molecule has 0 aliphatic rings. The monoisotopic (exact) mass is 333 g/mol. The largest absolute Gasteiger partial charge is 0.465 e. The van der Waals surface area contributed by atoms with Crippen LogP contribution >= 0.6 is 0 Å². The first kappa shape index (κ1) is 19.7. The molecule has 24 heavy (non-hydrogen) atoms. The molecule has 0 spiro atoms. The maximum atomic E-state index is 11.7. The first-order valence-electron chi connectivity index (χ1n) is 8.29. The number of ketones is 1. The van der Waals surface area contributed by atoms with Gasteiger partial charge < -0.3 is 20.8 Å². The van der Waals surface area contributed by atoms with Gasteiger partial charge in [0.15, 0.2) is 0 Å². The number of anilines is 2. The fourth-order valence-electron chi connectivity index (χ4n) is 2.33. The van der Waals surface area contributed by atoms with Crippen molar-refractivity contribution in [3.05, 3.63) is 23.8 Å². The zero-order valence-corrected chi connectivity index (χ0v) is 14.6. The number of hydrogen-bond donors (Lipinski definition) is 3. The Balaban J connectivity index is 2.90. The van der Waals surface area contributed by atoms with Crippen molar-refractivity contribution in [2.45, 2.75) is 45.6 Å². The van der Waals surface area contributed by atoms with Crippen LogP contribution < -0.4 is 10.6 Å². The molecule has 0 unspecified atom stereocenters. The second-order valence-electron chi connectivity index (χ2n) is 5.53. The molecular weight excluding hydrogens is 306 g/mol. The van der Waals surface area contributed by atoms with Gasteiger partial charge in [-0.3, -0.25) is 4.79 Å². The number of nitrogens with one attached hydrogen (secondary N) is 3. The molecule has 0 aromatic heterocycles. The average Bonchev–Trinajstić information content (AvgIpc) is 2.60. The fraction of sp³-hybridized carbons (Fsp3) is 0.500. The summed E-state index contributed by atoms with van der Waals surface area (Å²) in [5.74, 6) is -0.386. The summed E-state index contributed by atoms with van der Waals surface area (Å²) in [5.41, 5.74) is 2.13. The summed E-state index contributed by atoms with van der Waals surface area (Å²) in [6, 6.07) is 5.65. The summed E-state index contributed by atoms with van der Waals surface area (Å²) in [6.07, 6.45) is 3.59. The smallest absolute Gasteiger partial charge is 0.337 e. The number of carbonyl (C=O) groups is 2. The Morgan fingerprint density at radius 3 is 2.54 bits per heavy atom. The molecule has 132 valence electrons. The molecule has 0 saturated carbocycles. The van der Waals surface area contributed by atoms with Crippen molar-refractivity contribution in [2.24, 2.45) is 0 Å². The minimum atomic E-state index is -0.396. The lowest BCUT2D eigenvalue weighted by atomic mass is 10.1. The van der Waals surface area contributed by atoms with Gasteiger partial charge in [0.25, 0.3) is 0 Å². The van der Waals surface area contributed by atoms with Crippen molar-refractivity contribution in [3.8, 4) is 0 Å². The Morgan fingerprint density at radius 2 is 1.96 bits per heavy atom. The first-order valence-corrected chi connectivity index (χ1v) is 8.29. The molecule has 1 aromatic rings. The van der Waals surface area contributed by atoms with Crippen LogP contribution in [0.15, 0.2) is 18.2 Å². The van der Waals surface area contributed by atoms with Crippen molar-refractivity contribution < 1.29 is 14.3 Å². The van der Waals surface area contributed by atoms with Crippen LogP contribution in [0.3, 0.4) is 0 Å². The highest BCUT2D eigenvalue weighted by Gasteiger charge is 2.12. The van der Waals surface area contributed by atoms with Crippen LogP contribution in [0, 0.1) is 5.41 Å². The highest BCUT2D eigenvalue weighted by atomic mass is 16.5. The molecule has 1 rings (SSSR count). The zero-order valence-electron chi connectivity index (χ0n) is 14.6. The Bertz CT molecular complexity index is 569. The molecule has 6 heteroatoms. The lowest BCUT2D eigenvalue weighted by molar-refractivity contribution is -0.117. The van der Waals surface area contributed by atoms with E-state index in [0.717, 1.165) is 30.4 Å². The van der Waals surface area contributed by atoms with Crippen LogP contribution in [0.4, 0.5) is 11.4 Å². The van der Waals surface area contributed by atoms with Crippen LogP contribution in [-0.4, -0.2) is 37.7 Å². The molecule has 3 N–H and O–H groups in total.